The fraction of sp³-hybridized carbons (Fsp3) is 0. The fourth-order valence-corrected chi connectivity index (χ4v) is 3.47. The number of amides is 1. The summed E-state index contributed by atoms with van der Waals surface area (Å²) in [6.07, 6.45) is 1.74. The molecule has 0 aliphatic heterocycles. The van der Waals surface area contributed by atoms with Gasteiger partial charge in [0.05, 0.1) is 5.52 Å². The summed E-state index contributed by atoms with van der Waals surface area (Å²) in [6.45, 7) is 0. The van der Waals surface area contributed by atoms with Crippen LogP contribution in [0, 0.1) is 0 Å². The lowest BCUT2D eigenvalue weighted by Gasteiger charge is -2.04. The summed E-state index contributed by atoms with van der Waals surface area (Å²) >= 11 is 7.42. The van der Waals surface area contributed by atoms with Gasteiger partial charge in [0, 0.05) is 33.2 Å². The molecule has 2 heterocycles. The number of aromatic nitrogens is 2. The van der Waals surface area contributed by atoms with E-state index >= 15 is 0 Å². The molecule has 2 aromatic heterocycles. The molecule has 25 heavy (non-hydrogen) atoms. The second kappa shape index (κ2) is 6.63. The number of rotatable bonds is 3. The number of nitrogens with zero attached hydrogens (tertiary/aromatic N) is 2. The molecule has 0 bridgehead atoms. The second-order valence-corrected chi connectivity index (χ2v) is 6.71. The Kier molecular flexibility index (Phi) is 4.17. The first-order valence-electron chi connectivity index (χ1n) is 7.57. The lowest BCUT2D eigenvalue weighted by atomic mass is 10.2. The average molecular weight is 366 g/mol. The standard InChI is InChI=1S/C19H12ClN3OS/c20-14-5-1-3-13(9-14)19-23-17(11-25-19)18(24)22-15-6-7-16-12(10-15)4-2-8-21-16/h1-11H,(H,22,24). The number of thiazole rings is 1. The van der Waals surface area contributed by atoms with Gasteiger partial charge in [-0.05, 0) is 36.4 Å². The van der Waals surface area contributed by atoms with Gasteiger partial charge in [0.1, 0.15) is 10.7 Å². The fourth-order valence-electron chi connectivity index (χ4n) is 2.48. The summed E-state index contributed by atoms with van der Waals surface area (Å²) in [4.78, 5) is 21.1. The van der Waals surface area contributed by atoms with Crippen LogP contribution < -0.4 is 5.32 Å². The zero-order valence-corrected chi connectivity index (χ0v) is 14.5. The SMILES string of the molecule is O=C(Nc1ccc2ncccc2c1)c1csc(-c2cccc(Cl)c2)n1. The largest absolute Gasteiger partial charge is 0.321 e. The van der Waals surface area contributed by atoms with E-state index in [1.165, 1.54) is 11.3 Å². The summed E-state index contributed by atoms with van der Waals surface area (Å²) < 4.78 is 0. The Bertz CT molecular complexity index is 1080. The molecule has 1 amide bonds. The number of hydrogen-bond donors (Lipinski definition) is 1. The van der Waals surface area contributed by atoms with Gasteiger partial charge in [-0.25, -0.2) is 4.98 Å². The van der Waals surface area contributed by atoms with E-state index in [4.69, 9.17) is 11.6 Å². The summed E-state index contributed by atoms with van der Waals surface area (Å²) in [6, 6.07) is 16.8. The Hall–Kier alpha value is -2.76. The lowest BCUT2D eigenvalue weighted by molar-refractivity contribution is 0.102. The highest BCUT2D eigenvalue weighted by atomic mass is 35.5. The summed E-state index contributed by atoms with van der Waals surface area (Å²) in [5, 5.41) is 6.99. The molecule has 0 saturated carbocycles. The van der Waals surface area contributed by atoms with E-state index in [1.54, 1.807) is 17.6 Å². The van der Waals surface area contributed by atoms with Gasteiger partial charge in [0.2, 0.25) is 0 Å². The van der Waals surface area contributed by atoms with Gasteiger partial charge in [-0.2, -0.15) is 0 Å². The molecule has 4 aromatic rings. The molecule has 4 nitrogen and oxygen atoms in total. The van der Waals surface area contributed by atoms with Crippen molar-refractivity contribution < 1.29 is 4.79 Å². The van der Waals surface area contributed by atoms with Crippen LogP contribution in [-0.2, 0) is 0 Å². The molecule has 0 radical (unpaired) electrons. The lowest BCUT2D eigenvalue weighted by Crippen LogP contribution is -2.12. The molecule has 0 aliphatic rings. The highest BCUT2D eigenvalue weighted by Crippen LogP contribution is 2.26. The van der Waals surface area contributed by atoms with Gasteiger partial charge < -0.3 is 5.32 Å². The van der Waals surface area contributed by atoms with Gasteiger partial charge >= 0.3 is 0 Å². The monoisotopic (exact) mass is 365 g/mol. The molecule has 0 fully saturated rings. The highest BCUT2D eigenvalue weighted by molar-refractivity contribution is 7.13. The third-order valence-electron chi connectivity index (χ3n) is 3.67. The maximum Gasteiger partial charge on any atom is 0.275 e. The Morgan fingerprint density at radius 3 is 2.88 bits per heavy atom. The maximum absolute atomic E-state index is 12.5. The van der Waals surface area contributed by atoms with Crippen molar-refractivity contribution in [3.05, 3.63) is 76.9 Å². The molecule has 0 atom stereocenters. The van der Waals surface area contributed by atoms with Crippen LogP contribution in [0.25, 0.3) is 21.5 Å². The number of hydrogen-bond acceptors (Lipinski definition) is 4. The van der Waals surface area contributed by atoms with Crippen LogP contribution in [0.3, 0.4) is 0 Å². The number of halogens is 1. The smallest absolute Gasteiger partial charge is 0.275 e. The topological polar surface area (TPSA) is 54.9 Å². The number of nitrogens with one attached hydrogen (secondary N) is 1. The molecular formula is C19H12ClN3OS. The third-order valence-corrected chi connectivity index (χ3v) is 4.80. The van der Waals surface area contributed by atoms with Crippen molar-refractivity contribution in [1.29, 1.82) is 0 Å². The quantitative estimate of drug-likeness (QED) is 0.538. The van der Waals surface area contributed by atoms with Crippen molar-refractivity contribution in [2.45, 2.75) is 0 Å². The van der Waals surface area contributed by atoms with E-state index in [-0.39, 0.29) is 5.91 Å². The van der Waals surface area contributed by atoms with Crippen molar-refractivity contribution in [1.82, 2.24) is 9.97 Å². The van der Waals surface area contributed by atoms with Gasteiger partial charge in [-0.15, -0.1) is 11.3 Å². The summed E-state index contributed by atoms with van der Waals surface area (Å²) in [5.41, 5.74) is 2.87. The highest BCUT2D eigenvalue weighted by Gasteiger charge is 2.12. The normalized spacial score (nSPS) is 10.8. The van der Waals surface area contributed by atoms with Crippen molar-refractivity contribution >= 4 is 45.4 Å². The minimum Gasteiger partial charge on any atom is -0.321 e. The minimum atomic E-state index is -0.243. The van der Waals surface area contributed by atoms with Crippen LogP contribution in [0.1, 0.15) is 10.5 Å². The van der Waals surface area contributed by atoms with Gasteiger partial charge in [-0.1, -0.05) is 29.8 Å². The molecule has 0 spiro atoms. The van der Waals surface area contributed by atoms with Gasteiger partial charge in [0.25, 0.3) is 5.91 Å². The number of anilines is 1. The first-order chi connectivity index (χ1) is 12.2. The Labute approximate surface area is 153 Å². The van der Waals surface area contributed by atoms with Crippen molar-refractivity contribution in [2.75, 3.05) is 5.32 Å². The molecule has 6 heteroatoms. The van der Waals surface area contributed by atoms with Crippen LogP contribution in [0.15, 0.2) is 66.2 Å². The Morgan fingerprint density at radius 2 is 2.00 bits per heavy atom. The van der Waals surface area contributed by atoms with Gasteiger partial charge in [0.15, 0.2) is 0 Å². The van der Waals surface area contributed by atoms with Crippen molar-refractivity contribution in [2.24, 2.45) is 0 Å². The maximum atomic E-state index is 12.5. The first kappa shape index (κ1) is 15.7. The molecule has 0 saturated heterocycles. The average Bonchev–Trinajstić information content (AvgIpc) is 3.12. The molecule has 1 N–H and O–H groups in total. The van der Waals surface area contributed by atoms with E-state index < -0.39 is 0 Å². The first-order valence-corrected chi connectivity index (χ1v) is 8.82. The summed E-state index contributed by atoms with van der Waals surface area (Å²) in [7, 11) is 0. The molecule has 4 rings (SSSR count). The Morgan fingerprint density at radius 1 is 1.08 bits per heavy atom. The summed E-state index contributed by atoms with van der Waals surface area (Å²) in [5.74, 6) is -0.243. The van der Waals surface area contributed by atoms with E-state index in [1.807, 2.05) is 48.5 Å². The molecule has 122 valence electrons. The number of pyridine rings is 1. The van der Waals surface area contributed by atoms with Crippen LogP contribution >= 0.6 is 22.9 Å². The molecular weight excluding hydrogens is 354 g/mol. The predicted molar refractivity (Wildman–Crippen MR) is 102 cm³/mol. The number of benzene rings is 2. The van der Waals surface area contributed by atoms with Gasteiger partial charge in [-0.3, -0.25) is 9.78 Å². The Balaban J connectivity index is 1.56. The number of carbonyl (C=O) groups is 1. The van der Waals surface area contributed by atoms with Crippen molar-refractivity contribution in [3.8, 4) is 10.6 Å². The second-order valence-electron chi connectivity index (χ2n) is 5.41. The zero-order valence-electron chi connectivity index (χ0n) is 12.9. The number of carbonyl (C=O) groups excluding carboxylic acids is 1. The predicted octanol–water partition coefficient (Wildman–Crippen LogP) is 5.26. The molecule has 2 aromatic carbocycles. The number of fused-ring (bicyclic) bond motifs is 1. The molecule has 0 unspecified atom stereocenters. The minimum absolute atomic E-state index is 0.243. The van der Waals surface area contributed by atoms with Crippen LogP contribution in [0.2, 0.25) is 5.02 Å². The van der Waals surface area contributed by atoms with Crippen LogP contribution in [-0.4, -0.2) is 15.9 Å². The molecule has 0 aliphatic carbocycles. The zero-order chi connectivity index (χ0) is 17.2. The van der Waals surface area contributed by atoms with E-state index in [2.05, 4.69) is 15.3 Å². The van der Waals surface area contributed by atoms with E-state index in [0.717, 1.165) is 21.5 Å². The van der Waals surface area contributed by atoms with E-state index in [9.17, 15) is 4.79 Å². The van der Waals surface area contributed by atoms with E-state index in [0.29, 0.717) is 16.4 Å². The van der Waals surface area contributed by atoms with Crippen LogP contribution in [0.4, 0.5) is 5.69 Å². The third kappa shape index (κ3) is 3.38. The van der Waals surface area contributed by atoms with Crippen molar-refractivity contribution in [3.63, 3.8) is 0 Å². The van der Waals surface area contributed by atoms with Crippen LogP contribution in [0.5, 0.6) is 0 Å².